The SMILES string of the molecule is Cc1cc([N+](=O)[O-])ccc1NCCCOc1ccccc1. The normalized spacial score (nSPS) is 10.1. The molecule has 0 unspecified atom stereocenters. The van der Waals surface area contributed by atoms with Gasteiger partial charge >= 0.3 is 0 Å². The molecule has 0 aromatic heterocycles. The lowest BCUT2D eigenvalue weighted by Crippen LogP contribution is -2.08. The molecule has 0 aliphatic carbocycles. The van der Waals surface area contributed by atoms with Crippen LogP contribution in [0.3, 0.4) is 0 Å². The summed E-state index contributed by atoms with van der Waals surface area (Å²) in [6, 6.07) is 14.5. The van der Waals surface area contributed by atoms with Crippen molar-refractivity contribution in [3.63, 3.8) is 0 Å². The predicted molar refractivity (Wildman–Crippen MR) is 82.9 cm³/mol. The van der Waals surface area contributed by atoms with Crippen molar-refractivity contribution in [3.05, 3.63) is 64.2 Å². The zero-order valence-electron chi connectivity index (χ0n) is 11.9. The number of ether oxygens (including phenoxy) is 1. The summed E-state index contributed by atoms with van der Waals surface area (Å²) in [7, 11) is 0. The highest BCUT2D eigenvalue weighted by atomic mass is 16.6. The van der Waals surface area contributed by atoms with E-state index in [9.17, 15) is 10.1 Å². The molecule has 2 aromatic rings. The molecule has 0 bridgehead atoms. The molecular weight excluding hydrogens is 268 g/mol. The zero-order chi connectivity index (χ0) is 15.1. The van der Waals surface area contributed by atoms with E-state index in [0.717, 1.165) is 30.0 Å². The number of aryl methyl sites for hydroxylation is 1. The van der Waals surface area contributed by atoms with Gasteiger partial charge in [0.05, 0.1) is 11.5 Å². The molecule has 0 saturated heterocycles. The number of nitro groups is 1. The van der Waals surface area contributed by atoms with Crippen molar-refractivity contribution in [1.29, 1.82) is 0 Å². The number of hydrogen-bond acceptors (Lipinski definition) is 4. The first kappa shape index (κ1) is 14.8. The van der Waals surface area contributed by atoms with Crippen LogP contribution < -0.4 is 10.1 Å². The first-order valence-electron chi connectivity index (χ1n) is 6.83. The first-order chi connectivity index (χ1) is 10.2. The Bertz CT molecular complexity index is 600. The third-order valence-corrected chi connectivity index (χ3v) is 3.07. The van der Waals surface area contributed by atoms with Crippen molar-refractivity contribution in [2.24, 2.45) is 0 Å². The largest absolute Gasteiger partial charge is 0.494 e. The molecule has 2 rings (SSSR count). The molecule has 2 aromatic carbocycles. The molecule has 0 aliphatic heterocycles. The molecule has 1 N–H and O–H groups in total. The molecule has 0 spiro atoms. The van der Waals surface area contributed by atoms with E-state index in [2.05, 4.69) is 5.32 Å². The van der Waals surface area contributed by atoms with Gasteiger partial charge in [-0.3, -0.25) is 10.1 Å². The molecule has 110 valence electrons. The third-order valence-electron chi connectivity index (χ3n) is 3.07. The van der Waals surface area contributed by atoms with Crippen LogP contribution in [0, 0.1) is 17.0 Å². The molecule has 0 amide bonds. The van der Waals surface area contributed by atoms with E-state index in [4.69, 9.17) is 4.74 Å². The van der Waals surface area contributed by atoms with Crippen LogP contribution in [0.15, 0.2) is 48.5 Å². The molecular formula is C16H18N2O3. The van der Waals surface area contributed by atoms with Gasteiger partial charge in [-0.15, -0.1) is 0 Å². The van der Waals surface area contributed by atoms with Gasteiger partial charge in [0.1, 0.15) is 5.75 Å². The molecule has 0 saturated carbocycles. The van der Waals surface area contributed by atoms with Gasteiger partial charge in [0.2, 0.25) is 0 Å². The summed E-state index contributed by atoms with van der Waals surface area (Å²) in [6.07, 6.45) is 0.853. The zero-order valence-corrected chi connectivity index (χ0v) is 11.9. The number of benzene rings is 2. The lowest BCUT2D eigenvalue weighted by atomic mass is 10.2. The van der Waals surface area contributed by atoms with Crippen molar-refractivity contribution >= 4 is 11.4 Å². The van der Waals surface area contributed by atoms with Crippen LogP contribution in [0.5, 0.6) is 5.75 Å². The van der Waals surface area contributed by atoms with Crippen molar-refractivity contribution in [3.8, 4) is 5.75 Å². The van der Waals surface area contributed by atoms with Gasteiger partial charge in [-0.1, -0.05) is 18.2 Å². The summed E-state index contributed by atoms with van der Waals surface area (Å²) in [4.78, 5) is 10.3. The van der Waals surface area contributed by atoms with Crippen LogP contribution in [0.4, 0.5) is 11.4 Å². The van der Waals surface area contributed by atoms with Crippen LogP contribution in [0.1, 0.15) is 12.0 Å². The fourth-order valence-electron chi connectivity index (χ4n) is 1.96. The molecule has 0 radical (unpaired) electrons. The van der Waals surface area contributed by atoms with E-state index in [1.807, 2.05) is 37.3 Å². The van der Waals surface area contributed by atoms with E-state index < -0.39 is 0 Å². The fraction of sp³-hybridized carbons (Fsp3) is 0.250. The maximum absolute atomic E-state index is 10.7. The average molecular weight is 286 g/mol. The molecule has 0 aliphatic rings. The number of hydrogen-bond donors (Lipinski definition) is 1. The fourth-order valence-corrected chi connectivity index (χ4v) is 1.96. The van der Waals surface area contributed by atoms with Gasteiger partial charge in [-0.05, 0) is 37.1 Å². The molecule has 0 atom stereocenters. The van der Waals surface area contributed by atoms with Crippen molar-refractivity contribution in [2.45, 2.75) is 13.3 Å². The van der Waals surface area contributed by atoms with Crippen LogP contribution in [-0.4, -0.2) is 18.1 Å². The number of nitrogens with one attached hydrogen (secondary N) is 1. The second-order valence-corrected chi connectivity index (χ2v) is 4.70. The maximum Gasteiger partial charge on any atom is 0.269 e. The highest BCUT2D eigenvalue weighted by molar-refractivity contribution is 5.55. The minimum Gasteiger partial charge on any atom is -0.494 e. The Kier molecular flexibility index (Phi) is 5.15. The number of rotatable bonds is 7. The van der Waals surface area contributed by atoms with Crippen molar-refractivity contribution in [2.75, 3.05) is 18.5 Å². The number of nitrogens with zero attached hydrogens (tertiary/aromatic N) is 1. The van der Waals surface area contributed by atoms with E-state index >= 15 is 0 Å². The van der Waals surface area contributed by atoms with Gasteiger partial charge in [0.25, 0.3) is 5.69 Å². The molecule has 0 fully saturated rings. The Labute approximate surface area is 123 Å². The smallest absolute Gasteiger partial charge is 0.269 e. The van der Waals surface area contributed by atoms with Crippen molar-refractivity contribution in [1.82, 2.24) is 0 Å². The molecule has 5 nitrogen and oxygen atoms in total. The van der Waals surface area contributed by atoms with Crippen LogP contribution in [0.25, 0.3) is 0 Å². The number of anilines is 1. The average Bonchev–Trinajstić information content (AvgIpc) is 2.49. The van der Waals surface area contributed by atoms with Gasteiger partial charge in [-0.2, -0.15) is 0 Å². The summed E-state index contributed by atoms with van der Waals surface area (Å²) in [5.41, 5.74) is 1.90. The summed E-state index contributed by atoms with van der Waals surface area (Å²) in [6.45, 7) is 3.24. The minimum absolute atomic E-state index is 0.116. The maximum atomic E-state index is 10.7. The van der Waals surface area contributed by atoms with Gasteiger partial charge in [0, 0.05) is 24.4 Å². The number of nitro benzene ring substituents is 1. The van der Waals surface area contributed by atoms with E-state index in [0.29, 0.717) is 6.61 Å². The Morgan fingerprint density at radius 2 is 1.95 bits per heavy atom. The Morgan fingerprint density at radius 1 is 1.19 bits per heavy atom. The lowest BCUT2D eigenvalue weighted by molar-refractivity contribution is -0.384. The molecule has 0 heterocycles. The number of non-ortho nitro benzene ring substituents is 1. The van der Waals surface area contributed by atoms with Gasteiger partial charge in [0.15, 0.2) is 0 Å². The molecule has 5 heteroatoms. The van der Waals surface area contributed by atoms with Crippen LogP contribution >= 0.6 is 0 Å². The summed E-state index contributed by atoms with van der Waals surface area (Å²) in [5, 5.41) is 13.9. The second-order valence-electron chi connectivity index (χ2n) is 4.70. The predicted octanol–water partition coefficient (Wildman–Crippen LogP) is 3.78. The topological polar surface area (TPSA) is 64.4 Å². The van der Waals surface area contributed by atoms with Crippen molar-refractivity contribution < 1.29 is 9.66 Å². The third kappa shape index (κ3) is 4.49. The minimum atomic E-state index is -0.384. The first-order valence-corrected chi connectivity index (χ1v) is 6.83. The summed E-state index contributed by atoms with van der Waals surface area (Å²) < 4.78 is 5.60. The van der Waals surface area contributed by atoms with Crippen LogP contribution in [-0.2, 0) is 0 Å². The Balaban J connectivity index is 1.75. The molecule has 21 heavy (non-hydrogen) atoms. The summed E-state index contributed by atoms with van der Waals surface area (Å²) >= 11 is 0. The van der Waals surface area contributed by atoms with Gasteiger partial charge in [-0.25, -0.2) is 0 Å². The van der Waals surface area contributed by atoms with E-state index in [1.54, 1.807) is 12.1 Å². The Morgan fingerprint density at radius 3 is 2.62 bits per heavy atom. The van der Waals surface area contributed by atoms with E-state index in [-0.39, 0.29) is 10.6 Å². The number of para-hydroxylation sites is 1. The van der Waals surface area contributed by atoms with Gasteiger partial charge < -0.3 is 10.1 Å². The highest BCUT2D eigenvalue weighted by Gasteiger charge is 2.07. The highest BCUT2D eigenvalue weighted by Crippen LogP contribution is 2.21. The van der Waals surface area contributed by atoms with E-state index in [1.165, 1.54) is 6.07 Å². The Hall–Kier alpha value is -2.56. The van der Waals surface area contributed by atoms with Crippen LogP contribution in [0.2, 0.25) is 0 Å². The quantitative estimate of drug-likeness (QED) is 0.478. The summed E-state index contributed by atoms with van der Waals surface area (Å²) in [5.74, 6) is 0.865. The second kappa shape index (κ2) is 7.28. The monoisotopic (exact) mass is 286 g/mol. The standard InChI is InChI=1S/C16H18N2O3/c1-13-12-14(18(19)20)8-9-16(13)17-10-5-11-21-15-6-3-2-4-7-15/h2-4,6-9,12,17H,5,10-11H2,1H3. The lowest BCUT2D eigenvalue weighted by Gasteiger charge is -2.10.